The van der Waals surface area contributed by atoms with E-state index in [4.69, 9.17) is 18.9 Å². The van der Waals surface area contributed by atoms with Crippen molar-refractivity contribution < 1.29 is 37.3 Å². The molecule has 156 valence electrons. The summed E-state index contributed by atoms with van der Waals surface area (Å²) in [4.78, 5) is 12.0. The third-order valence-corrected chi connectivity index (χ3v) is 4.00. The van der Waals surface area contributed by atoms with Gasteiger partial charge >= 0.3 is 11.9 Å². The van der Waals surface area contributed by atoms with Crippen LogP contribution >= 0.6 is 0 Å². The van der Waals surface area contributed by atoms with Crippen LogP contribution in [0.4, 0.5) is 8.78 Å². The Morgan fingerprint density at radius 2 is 1.71 bits per heavy atom. The fourth-order valence-electron chi connectivity index (χ4n) is 2.63. The van der Waals surface area contributed by atoms with E-state index < -0.39 is 17.6 Å². The maximum atomic E-state index is 15.0. The summed E-state index contributed by atoms with van der Waals surface area (Å²) in [6, 6.07) is 2.63. The highest BCUT2D eigenvalue weighted by Crippen LogP contribution is 2.39. The van der Waals surface area contributed by atoms with E-state index in [1.54, 1.807) is 0 Å². The summed E-state index contributed by atoms with van der Waals surface area (Å²) in [6.45, 7) is 2.58. The van der Waals surface area contributed by atoms with Crippen LogP contribution in [-0.2, 0) is 14.3 Å². The van der Waals surface area contributed by atoms with Gasteiger partial charge < -0.3 is 23.7 Å². The molecule has 0 N–H and O–H groups in total. The number of hydrogen-bond donors (Lipinski definition) is 0. The van der Waals surface area contributed by atoms with E-state index in [-0.39, 0.29) is 29.4 Å². The molecule has 0 amide bonds. The molecule has 10 heteroatoms. The first kappa shape index (κ1) is 21.7. The molecule has 0 radical (unpaired) electrons. The van der Waals surface area contributed by atoms with Gasteiger partial charge in [-0.1, -0.05) is 0 Å². The van der Waals surface area contributed by atoms with Crippen LogP contribution in [0.5, 0.6) is 17.2 Å². The minimum absolute atomic E-state index is 0.0564. The summed E-state index contributed by atoms with van der Waals surface area (Å²) in [5.41, 5.74) is -0.828. The molecule has 0 atom stereocenters. The van der Waals surface area contributed by atoms with Gasteiger partial charge in [0.1, 0.15) is 5.71 Å². The van der Waals surface area contributed by atoms with Crippen molar-refractivity contribution >= 4 is 11.7 Å². The van der Waals surface area contributed by atoms with Crippen LogP contribution in [-0.4, -0.2) is 76.9 Å². The fraction of sp³-hybridized carbons (Fsp3) is 0.556. The van der Waals surface area contributed by atoms with Crippen LogP contribution < -0.4 is 14.2 Å². The molecule has 0 saturated carbocycles. The first-order chi connectivity index (χ1) is 13.4. The lowest BCUT2D eigenvalue weighted by Crippen LogP contribution is -2.43. The smallest absolute Gasteiger partial charge is 0.386 e. The van der Waals surface area contributed by atoms with Crippen LogP contribution in [0.15, 0.2) is 17.2 Å². The average molecular weight is 402 g/mol. The van der Waals surface area contributed by atoms with Gasteiger partial charge in [0.25, 0.3) is 0 Å². The number of halogens is 2. The highest BCUT2D eigenvalue weighted by atomic mass is 19.3. The first-order valence-corrected chi connectivity index (χ1v) is 8.66. The third kappa shape index (κ3) is 4.61. The molecular weight excluding hydrogens is 378 g/mol. The number of ether oxygens (including phenoxy) is 5. The second-order valence-electron chi connectivity index (χ2n) is 5.72. The van der Waals surface area contributed by atoms with Gasteiger partial charge in [-0.25, -0.2) is 4.79 Å². The number of rotatable bonds is 8. The Kier molecular flexibility index (Phi) is 7.38. The molecule has 0 aliphatic carbocycles. The van der Waals surface area contributed by atoms with E-state index >= 15 is 0 Å². The van der Waals surface area contributed by atoms with Crippen molar-refractivity contribution in [2.45, 2.75) is 12.8 Å². The van der Waals surface area contributed by atoms with Crippen molar-refractivity contribution in [1.82, 2.24) is 5.01 Å². The van der Waals surface area contributed by atoms with Gasteiger partial charge in [-0.15, -0.1) is 0 Å². The van der Waals surface area contributed by atoms with Gasteiger partial charge in [-0.2, -0.15) is 13.9 Å². The molecule has 1 aliphatic rings. The van der Waals surface area contributed by atoms with Gasteiger partial charge in [0.2, 0.25) is 5.75 Å². The molecule has 0 bridgehead atoms. The van der Waals surface area contributed by atoms with E-state index in [2.05, 4.69) is 9.84 Å². The zero-order valence-electron chi connectivity index (χ0n) is 16.3. The van der Waals surface area contributed by atoms with Crippen LogP contribution in [0.1, 0.15) is 12.5 Å². The largest absolute Gasteiger partial charge is 0.493 e. The topological polar surface area (TPSA) is 78.8 Å². The average Bonchev–Trinajstić information content (AvgIpc) is 2.71. The second kappa shape index (κ2) is 9.54. The van der Waals surface area contributed by atoms with Gasteiger partial charge in [0, 0.05) is 5.56 Å². The van der Waals surface area contributed by atoms with E-state index in [1.165, 1.54) is 45.4 Å². The van der Waals surface area contributed by atoms with Crippen LogP contribution in [0.25, 0.3) is 0 Å². The number of esters is 1. The van der Waals surface area contributed by atoms with E-state index in [9.17, 15) is 13.6 Å². The number of hydrogen-bond acceptors (Lipinski definition) is 8. The maximum absolute atomic E-state index is 15.0. The molecular formula is C18H24F2N2O6. The Labute approximate surface area is 161 Å². The molecule has 0 spiro atoms. The summed E-state index contributed by atoms with van der Waals surface area (Å²) in [5, 5.41) is 5.48. The van der Waals surface area contributed by atoms with Crippen molar-refractivity contribution in [2.24, 2.45) is 5.10 Å². The summed E-state index contributed by atoms with van der Waals surface area (Å²) >= 11 is 0. The molecule has 0 unspecified atom stereocenters. The van der Waals surface area contributed by atoms with Crippen LogP contribution in [0, 0.1) is 0 Å². The number of carbonyl (C=O) groups is 1. The zero-order valence-corrected chi connectivity index (χ0v) is 16.3. The normalized spacial score (nSPS) is 15.2. The van der Waals surface area contributed by atoms with E-state index in [0.29, 0.717) is 26.3 Å². The lowest BCUT2D eigenvalue weighted by Gasteiger charge is -2.27. The summed E-state index contributed by atoms with van der Waals surface area (Å²) < 4.78 is 55.4. The molecule has 1 saturated heterocycles. The maximum Gasteiger partial charge on any atom is 0.386 e. The first-order valence-electron chi connectivity index (χ1n) is 8.66. The van der Waals surface area contributed by atoms with Crippen molar-refractivity contribution in [1.29, 1.82) is 0 Å². The minimum atomic E-state index is -3.99. The molecule has 2 rings (SSSR count). The standard InChI is InChI=1S/C18H24F2N2O6/c1-5-28-17(23)18(19,20)16(21-22-6-8-27-9-7-22)12-10-13(24-2)15(26-4)14(11-12)25-3/h10-11H,5-9H2,1-4H3/b21-16+. The molecule has 0 aromatic heterocycles. The molecule has 1 fully saturated rings. The zero-order chi connectivity index (χ0) is 20.7. The van der Waals surface area contributed by atoms with Gasteiger partial charge in [-0.05, 0) is 19.1 Å². The quantitative estimate of drug-likeness (QED) is 0.486. The van der Waals surface area contributed by atoms with E-state index in [0.717, 1.165) is 0 Å². The minimum Gasteiger partial charge on any atom is -0.493 e. The number of carbonyl (C=O) groups excluding carboxylic acids is 1. The SMILES string of the molecule is CCOC(=O)C(F)(F)/C(=N/N1CCOCC1)c1cc(OC)c(OC)c(OC)c1. The van der Waals surface area contributed by atoms with Crippen molar-refractivity contribution in [3.63, 3.8) is 0 Å². The Morgan fingerprint density at radius 1 is 1.14 bits per heavy atom. The second-order valence-corrected chi connectivity index (χ2v) is 5.72. The van der Waals surface area contributed by atoms with Crippen LogP contribution in [0.3, 0.4) is 0 Å². The van der Waals surface area contributed by atoms with Crippen LogP contribution in [0.2, 0.25) is 0 Å². The third-order valence-electron chi connectivity index (χ3n) is 4.00. The molecule has 1 aromatic carbocycles. The summed E-state index contributed by atoms with van der Waals surface area (Å²) in [7, 11) is 4.13. The predicted molar refractivity (Wildman–Crippen MR) is 96.6 cm³/mol. The molecule has 8 nitrogen and oxygen atoms in total. The Morgan fingerprint density at radius 3 is 2.18 bits per heavy atom. The summed E-state index contributed by atoms with van der Waals surface area (Å²) in [5.74, 6) is -5.12. The molecule has 1 aliphatic heterocycles. The highest BCUT2D eigenvalue weighted by molar-refractivity contribution is 6.17. The lowest BCUT2D eigenvalue weighted by atomic mass is 10.0. The Hall–Kier alpha value is -2.62. The highest BCUT2D eigenvalue weighted by Gasteiger charge is 2.48. The number of benzene rings is 1. The fourth-order valence-corrected chi connectivity index (χ4v) is 2.63. The molecule has 1 heterocycles. The Balaban J connectivity index is 2.61. The predicted octanol–water partition coefficient (Wildman–Crippen LogP) is 1.95. The van der Waals surface area contributed by atoms with E-state index in [1.807, 2.05) is 0 Å². The number of nitrogens with zero attached hydrogens (tertiary/aromatic N) is 2. The summed E-state index contributed by atoms with van der Waals surface area (Å²) in [6.07, 6.45) is 0. The van der Waals surface area contributed by atoms with Gasteiger partial charge in [-0.3, -0.25) is 5.01 Å². The number of morpholine rings is 1. The van der Waals surface area contributed by atoms with Gasteiger partial charge in [0.15, 0.2) is 11.5 Å². The molecule has 28 heavy (non-hydrogen) atoms. The number of methoxy groups -OCH3 is 3. The number of alkyl halides is 2. The van der Waals surface area contributed by atoms with Gasteiger partial charge in [0.05, 0.1) is 54.2 Å². The van der Waals surface area contributed by atoms with Crippen molar-refractivity contribution in [3.8, 4) is 17.2 Å². The number of hydrazone groups is 1. The lowest BCUT2D eigenvalue weighted by molar-refractivity contribution is -0.162. The van der Waals surface area contributed by atoms with Crippen molar-refractivity contribution in [2.75, 3.05) is 54.2 Å². The molecule has 1 aromatic rings. The monoisotopic (exact) mass is 402 g/mol. The Bertz CT molecular complexity index is 695. The van der Waals surface area contributed by atoms with Crippen molar-refractivity contribution in [3.05, 3.63) is 17.7 Å².